The molecule has 0 aromatic carbocycles. The smallest absolute Gasteiger partial charge is 0.195 e. The van der Waals surface area contributed by atoms with Gasteiger partial charge < -0.3 is 10.7 Å². The predicted octanol–water partition coefficient (Wildman–Crippen LogP) is 0.0491. The van der Waals surface area contributed by atoms with Gasteiger partial charge in [-0.25, -0.2) is 10.8 Å². The highest BCUT2D eigenvalue weighted by Gasteiger charge is 2.43. The molecule has 2 rings (SSSR count). The molecule has 0 saturated heterocycles. The molecule has 4 nitrogen and oxygen atoms in total. The summed E-state index contributed by atoms with van der Waals surface area (Å²) in [6, 6.07) is 0. The fourth-order valence-corrected chi connectivity index (χ4v) is 2.30. The monoisotopic (exact) mass is 184 g/mol. The summed E-state index contributed by atoms with van der Waals surface area (Å²) in [5.74, 6) is 6.18. The molecule has 12 heavy (non-hydrogen) atoms. The van der Waals surface area contributed by atoms with Crippen molar-refractivity contribution >= 4 is 23.2 Å². The van der Waals surface area contributed by atoms with E-state index in [0.29, 0.717) is 5.11 Å². The Hall–Kier alpha value is -0.680. The van der Waals surface area contributed by atoms with Crippen LogP contribution in [0.3, 0.4) is 0 Å². The van der Waals surface area contributed by atoms with Crippen molar-refractivity contribution in [2.75, 3.05) is 0 Å². The SMILES string of the molecule is NNC1=NC(=S)NC12CCCC2. The third-order valence-corrected chi connectivity index (χ3v) is 2.80. The van der Waals surface area contributed by atoms with Crippen LogP contribution in [0, 0.1) is 0 Å². The minimum atomic E-state index is -0.0498. The van der Waals surface area contributed by atoms with Gasteiger partial charge in [-0.1, -0.05) is 12.8 Å². The van der Waals surface area contributed by atoms with Crippen LogP contribution in [0.4, 0.5) is 0 Å². The van der Waals surface area contributed by atoms with E-state index in [1.165, 1.54) is 12.8 Å². The number of hydrogen-bond acceptors (Lipinski definition) is 3. The zero-order valence-electron chi connectivity index (χ0n) is 6.76. The lowest BCUT2D eigenvalue weighted by Crippen LogP contribution is -2.52. The van der Waals surface area contributed by atoms with Crippen molar-refractivity contribution in [1.29, 1.82) is 0 Å². The molecule has 1 aliphatic heterocycles. The Morgan fingerprint density at radius 2 is 2.17 bits per heavy atom. The zero-order chi connectivity index (χ0) is 8.60. The Labute approximate surface area is 76.6 Å². The highest BCUT2D eigenvalue weighted by atomic mass is 32.1. The van der Waals surface area contributed by atoms with E-state index in [1.807, 2.05) is 0 Å². The summed E-state index contributed by atoms with van der Waals surface area (Å²) in [5, 5.41) is 3.78. The molecule has 1 aliphatic carbocycles. The Bertz CT molecular complexity index is 242. The van der Waals surface area contributed by atoms with Crippen LogP contribution in [-0.4, -0.2) is 16.5 Å². The maximum absolute atomic E-state index is 5.37. The number of amidine groups is 1. The van der Waals surface area contributed by atoms with E-state index in [4.69, 9.17) is 18.1 Å². The zero-order valence-corrected chi connectivity index (χ0v) is 7.58. The minimum Gasteiger partial charge on any atom is -0.348 e. The first kappa shape index (κ1) is 7.94. The Morgan fingerprint density at radius 3 is 2.75 bits per heavy atom. The van der Waals surface area contributed by atoms with E-state index < -0.39 is 0 Å². The van der Waals surface area contributed by atoms with E-state index in [0.717, 1.165) is 18.7 Å². The molecule has 66 valence electrons. The molecule has 5 heteroatoms. The summed E-state index contributed by atoms with van der Waals surface area (Å²) in [6.45, 7) is 0. The van der Waals surface area contributed by atoms with Crippen molar-refractivity contribution in [3.05, 3.63) is 0 Å². The number of rotatable bonds is 0. The van der Waals surface area contributed by atoms with Crippen molar-refractivity contribution in [3.8, 4) is 0 Å². The quantitative estimate of drug-likeness (QED) is 0.283. The molecule has 1 heterocycles. The first-order valence-corrected chi connectivity index (χ1v) is 4.56. The molecule has 0 bridgehead atoms. The highest BCUT2D eigenvalue weighted by Crippen LogP contribution is 2.32. The predicted molar refractivity (Wildman–Crippen MR) is 51.7 cm³/mol. The molecule has 0 unspecified atom stereocenters. The van der Waals surface area contributed by atoms with Gasteiger partial charge in [0.2, 0.25) is 0 Å². The van der Waals surface area contributed by atoms with Crippen LogP contribution in [0.25, 0.3) is 0 Å². The number of hydrogen-bond donors (Lipinski definition) is 3. The number of nitrogens with two attached hydrogens (primary N) is 1. The molecule has 0 atom stereocenters. The van der Waals surface area contributed by atoms with Gasteiger partial charge in [-0.2, -0.15) is 0 Å². The molecular weight excluding hydrogens is 172 g/mol. The number of nitrogens with one attached hydrogen (secondary N) is 2. The number of aliphatic imine (C=N–C) groups is 1. The van der Waals surface area contributed by atoms with Crippen LogP contribution in [0.2, 0.25) is 0 Å². The summed E-state index contributed by atoms with van der Waals surface area (Å²) in [5.41, 5.74) is 2.58. The largest absolute Gasteiger partial charge is 0.348 e. The standard InChI is InChI=1S/C7H12N4S/c8-11-5-7(3-1-2-4-7)10-6(12)9-5/h1-4,8H2,(H2,9,10,11,12). The number of thiocarbonyl (C=S) groups is 1. The molecule has 1 fully saturated rings. The van der Waals surface area contributed by atoms with Crippen LogP contribution in [0.15, 0.2) is 4.99 Å². The minimum absolute atomic E-state index is 0.0498. The van der Waals surface area contributed by atoms with Gasteiger partial charge in [-0.3, -0.25) is 0 Å². The van der Waals surface area contributed by atoms with Gasteiger partial charge in [0.25, 0.3) is 0 Å². The summed E-state index contributed by atoms with van der Waals surface area (Å²) < 4.78 is 0. The summed E-state index contributed by atoms with van der Waals surface area (Å²) in [6.07, 6.45) is 4.60. The van der Waals surface area contributed by atoms with Crippen molar-refractivity contribution < 1.29 is 0 Å². The second kappa shape index (κ2) is 2.67. The number of nitrogens with zero attached hydrogens (tertiary/aromatic N) is 1. The van der Waals surface area contributed by atoms with Crippen molar-refractivity contribution in [1.82, 2.24) is 10.7 Å². The average molecular weight is 184 g/mol. The van der Waals surface area contributed by atoms with Crippen LogP contribution in [0.1, 0.15) is 25.7 Å². The van der Waals surface area contributed by atoms with E-state index in [1.54, 1.807) is 0 Å². The average Bonchev–Trinajstić information content (AvgIpc) is 2.60. The first-order chi connectivity index (χ1) is 5.77. The molecule has 0 aromatic heterocycles. The summed E-state index contributed by atoms with van der Waals surface area (Å²) in [7, 11) is 0. The molecule has 4 N–H and O–H groups in total. The first-order valence-electron chi connectivity index (χ1n) is 4.15. The maximum Gasteiger partial charge on any atom is 0.195 e. The second-order valence-electron chi connectivity index (χ2n) is 3.32. The maximum atomic E-state index is 5.37. The molecule has 2 aliphatic rings. The molecule has 0 radical (unpaired) electrons. The third kappa shape index (κ3) is 1.01. The lowest BCUT2D eigenvalue weighted by molar-refractivity contribution is 0.527. The Balaban J connectivity index is 2.26. The molecule has 0 aromatic rings. The van der Waals surface area contributed by atoms with E-state index in [2.05, 4.69) is 15.7 Å². The lowest BCUT2D eigenvalue weighted by atomic mass is 9.97. The topological polar surface area (TPSA) is 62.4 Å². The lowest BCUT2D eigenvalue weighted by Gasteiger charge is -2.24. The molecule has 1 spiro atoms. The summed E-state index contributed by atoms with van der Waals surface area (Å²) >= 11 is 4.98. The van der Waals surface area contributed by atoms with Gasteiger partial charge >= 0.3 is 0 Å². The Morgan fingerprint density at radius 1 is 1.50 bits per heavy atom. The second-order valence-corrected chi connectivity index (χ2v) is 3.71. The van der Waals surface area contributed by atoms with Gasteiger partial charge in [-0.05, 0) is 25.1 Å². The van der Waals surface area contributed by atoms with Crippen molar-refractivity contribution in [2.45, 2.75) is 31.2 Å². The van der Waals surface area contributed by atoms with Gasteiger partial charge in [0.05, 0.1) is 5.54 Å². The van der Waals surface area contributed by atoms with E-state index in [9.17, 15) is 0 Å². The molecular formula is C7H12N4S. The van der Waals surface area contributed by atoms with E-state index >= 15 is 0 Å². The Kier molecular flexibility index (Phi) is 1.77. The van der Waals surface area contributed by atoms with Crippen molar-refractivity contribution in [2.24, 2.45) is 10.8 Å². The van der Waals surface area contributed by atoms with Gasteiger partial charge in [-0.15, -0.1) is 0 Å². The molecule has 1 saturated carbocycles. The van der Waals surface area contributed by atoms with E-state index in [-0.39, 0.29) is 5.54 Å². The third-order valence-electron chi connectivity index (χ3n) is 2.61. The number of hydrazine groups is 1. The van der Waals surface area contributed by atoms with Gasteiger partial charge in [0, 0.05) is 0 Å². The van der Waals surface area contributed by atoms with Gasteiger partial charge in [0.15, 0.2) is 5.11 Å². The molecule has 0 amide bonds. The fraction of sp³-hybridized carbons (Fsp3) is 0.714. The van der Waals surface area contributed by atoms with Crippen LogP contribution >= 0.6 is 12.2 Å². The van der Waals surface area contributed by atoms with Gasteiger partial charge in [0.1, 0.15) is 5.84 Å². The van der Waals surface area contributed by atoms with Crippen LogP contribution in [-0.2, 0) is 0 Å². The highest BCUT2D eigenvalue weighted by molar-refractivity contribution is 7.80. The normalized spacial score (nSPS) is 25.8. The summed E-state index contributed by atoms with van der Waals surface area (Å²) in [4.78, 5) is 4.14. The van der Waals surface area contributed by atoms with Crippen LogP contribution < -0.4 is 16.6 Å². The van der Waals surface area contributed by atoms with Crippen molar-refractivity contribution in [3.63, 3.8) is 0 Å². The fourth-order valence-electron chi connectivity index (χ4n) is 2.01. The van der Waals surface area contributed by atoms with Crippen LogP contribution in [0.5, 0.6) is 0 Å².